The van der Waals surface area contributed by atoms with Crippen molar-refractivity contribution in [2.45, 2.75) is 32.7 Å². The summed E-state index contributed by atoms with van der Waals surface area (Å²) in [5.74, 6) is 0. The molecule has 1 aromatic carbocycles. The molecule has 1 saturated heterocycles. The van der Waals surface area contributed by atoms with Crippen LogP contribution in [0.5, 0.6) is 0 Å². The first kappa shape index (κ1) is 15.7. The summed E-state index contributed by atoms with van der Waals surface area (Å²) < 4.78 is 0. The predicted octanol–water partition coefficient (Wildman–Crippen LogP) is 3.87. The van der Waals surface area contributed by atoms with Gasteiger partial charge in [0, 0.05) is 35.3 Å². The summed E-state index contributed by atoms with van der Waals surface area (Å²) in [6, 6.07) is 8.02. The van der Waals surface area contributed by atoms with Crippen molar-refractivity contribution in [3.05, 3.63) is 41.0 Å². The van der Waals surface area contributed by atoms with E-state index in [1.54, 1.807) is 0 Å². The van der Waals surface area contributed by atoms with Crippen LogP contribution >= 0.6 is 11.6 Å². The highest BCUT2D eigenvalue weighted by molar-refractivity contribution is 6.32. The third kappa shape index (κ3) is 2.98. The minimum Gasteiger partial charge on any atom is -0.396 e. The molecule has 0 saturated carbocycles. The lowest BCUT2D eigenvalue weighted by Crippen LogP contribution is -2.41. The average Bonchev–Trinajstić information content (AvgIpc) is 2.58. The number of piperidine rings is 1. The fraction of sp³-hybridized carbons (Fsp3) is 0.500. The summed E-state index contributed by atoms with van der Waals surface area (Å²) in [5, 5.41) is 11.6. The molecule has 22 heavy (non-hydrogen) atoms. The van der Waals surface area contributed by atoms with Crippen molar-refractivity contribution in [2.24, 2.45) is 5.41 Å². The SMILES string of the molecule is CCC1(CO)CCN(Cc2c(Cl)ccc3cccnc23)CC1. The number of rotatable bonds is 4. The Morgan fingerprint density at radius 2 is 2.05 bits per heavy atom. The van der Waals surface area contributed by atoms with E-state index in [1.807, 2.05) is 24.4 Å². The number of halogens is 1. The number of hydrogen-bond acceptors (Lipinski definition) is 3. The lowest BCUT2D eigenvalue weighted by Gasteiger charge is -2.40. The first-order valence-corrected chi connectivity index (χ1v) is 8.40. The van der Waals surface area contributed by atoms with Crippen molar-refractivity contribution in [2.75, 3.05) is 19.7 Å². The van der Waals surface area contributed by atoms with Gasteiger partial charge in [-0.3, -0.25) is 9.88 Å². The number of hydrogen-bond donors (Lipinski definition) is 1. The third-order valence-corrected chi connectivity index (χ3v) is 5.56. The molecular weight excluding hydrogens is 296 g/mol. The van der Waals surface area contributed by atoms with Gasteiger partial charge in [-0.2, -0.15) is 0 Å². The molecule has 0 atom stereocenters. The van der Waals surface area contributed by atoms with E-state index in [-0.39, 0.29) is 5.41 Å². The highest BCUT2D eigenvalue weighted by Gasteiger charge is 2.32. The van der Waals surface area contributed by atoms with E-state index in [0.29, 0.717) is 6.61 Å². The molecule has 0 spiro atoms. The summed E-state index contributed by atoms with van der Waals surface area (Å²) >= 11 is 6.43. The van der Waals surface area contributed by atoms with Gasteiger partial charge < -0.3 is 5.11 Å². The van der Waals surface area contributed by atoms with Gasteiger partial charge in [0.2, 0.25) is 0 Å². The van der Waals surface area contributed by atoms with Crippen molar-refractivity contribution in [3.63, 3.8) is 0 Å². The highest BCUT2D eigenvalue weighted by Crippen LogP contribution is 2.35. The largest absolute Gasteiger partial charge is 0.396 e. The lowest BCUT2D eigenvalue weighted by atomic mass is 9.77. The maximum absolute atomic E-state index is 9.65. The lowest BCUT2D eigenvalue weighted by molar-refractivity contribution is 0.0384. The van der Waals surface area contributed by atoms with Gasteiger partial charge in [0.25, 0.3) is 0 Å². The van der Waals surface area contributed by atoms with Crippen molar-refractivity contribution < 1.29 is 5.11 Å². The summed E-state index contributed by atoms with van der Waals surface area (Å²) in [5.41, 5.74) is 2.24. The monoisotopic (exact) mass is 318 g/mol. The van der Waals surface area contributed by atoms with Crippen molar-refractivity contribution in [1.82, 2.24) is 9.88 Å². The average molecular weight is 319 g/mol. The Hall–Kier alpha value is -1.16. The summed E-state index contributed by atoms with van der Waals surface area (Å²) in [7, 11) is 0. The van der Waals surface area contributed by atoms with Crippen LogP contribution in [-0.2, 0) is 6.54 Å². The van der Waals surface area contributed by atoms with Gasteiger partial charge in [0.05, 0.1) is 5.52 Å². The number of fused-ring (bicyclic) bond motifs is 1. The second-order valence-electron chi connectivity index (χ2n) is 6.39. The molecule has 4 heteroatoms. The molecule has 0 bridgehead atoms. The molecule has 0 amide bonds. The molecule has 1 aromatic heterocycles. The van der Waals surface area contributed by atoms with Crippen molar-refractivity contribution >= 4 is 22.5 Å². The molecule has 2 heterocycles. The zero-order chi connectivity index (χ0) is 15.6. The predicted molar refractivity (Wildman–Crippen MR) is 91.1 cm³/mol. The summed E-state index contributed by atoms with van der Waals surface area (Å²) in [6.07, 6.45) is 4.98. The second-order valence-corrected chi connectivity index (χ2v) is 6.80. The maximum Gasteiger partial charge on any atom is 0.0761 e. The van der Waals surface area contributed by atoms with Crippen molar-refractivity contribution in [1.29, 1.82) is 0 Å². The molecule has 3 nitrogen and oxygen atoms in total. The molecule has 0 radical (unpaired) electrons. The van der Waals surface area contributed by atoms with E-state index in [2.05, 4.69) is 22.9 Å². The normalized spacial score (nSPS) is 18.7. The molecule has 1 fully saturated rings. The highest BCUT2D eigenvalue weighted by atomic mass is 35.5. The smallest absolute Gasteiger partial charge is 0.0761 e. The minimum absolute atomic E-state index is 0.122. The maximum atomic E-state index is 9.65. The second kappa shape index (κ2) is 6.53. The van der Waals surface area contributed by atoms with Gasteiger partial charge in [0.15, 0.2) is 0 Å². The number of nitrogens with zero attached hydrogens (tertiary/aromatic N) is 2. The molecule has 1 aliphatic heterocycles. The van der Waals surface area contributed by atoms with Gasteiger partial charge in [-0.05, 0) is 49.9 Å². The van der Waals surface area contributed by atoms with Crippen LogP contribution in [0.4, 0.5) is 0 Å². The zero-order valence-electron chi connectivity index (χ0n) is 13.1. The molecular formula is C18H23ClN2O. The van der Waals surface area contributed by atoms with Crippen LogP contribution in [0.25, 0.3) is 10.9 Å². The molecule has 2 aromatic rings. The third-order valence-electron chi connectivity index (χ3n) is 5.21. The topological polar surface area (TPSA) is 36.4 Å². The first-order chi connectivity index (χ1) is 10.7. The standard InChI is InChI=1S/C18H23ClN2O/c1-2-18(13-22)7-10-21(11-8-18)12-15-16(19)6-5-14-4-3-9-20-17(14)15/h3-6,9,22H,2,7-8,10-13H2,1H3. The van der Waals surface area contributed by atoms with Gasteiger partial charge in [-0.25, -0.2) is 0 Å². The van der Waals surface area contributed by atoms with Gasteiger partial charge in [-0.15, -0.1) is 0 Å². The molecule has 0 unspecified atom stereocenters. The van der Waals surface area contributed by atoms with Crippen LogP contribution in [-0.4, -0.2) is 34.7 Å². The van der Waals surface area contributed by atoms with E-state index < -0.39 is 0 Å². The Morgan fingerprint density at radius 3 is 2.73 bits per heavy atom. The molecule has 118 valence electrons. The Morgan fingerprint density at radius 1 is 1.27 bits per heavy atom. The van der Waals surface area contributed by atoms with E-state index in [0.717, 1.165) is 60.4 Å². The van der Waals surface area contributed by atoms with E-state index in [9.17, 15) is 5.11 Å². The van der Waals surface area contributed by atoms with Crippen LogP contribution in [0.3, 0.4) is 0 Å². The van der Waals surface area contributed by atoms with Crippen LogP contribution in [0, 0.1) is 5.41 Å². The zero-order valence-corrected chi connectivity index (χ0v) is 13.8. The number of aliphatic hydroxyl groups excluding tert-OH is 1. The quantitative estimate of drug-likeness (QED) is 0.929. The summed E-state index contributed by atoms with van der Waals surface area (Å²) in [6.45, 7) is 5.33. The van der Waals surface area contributed by atoms with Gasteiger partial charge in [-0.1, -0.05) is 30.7 Å². The Labute approximate surface area is 136 Å². The summed E-state index contributed by atoms with van der Waals surface area (Å²) in [4.78, 5) is 6.95. The van der Waals surface area contributed by atoms with Gasteiger partial charge >= 0.3 is 0 Å². The Bertz CT molecular complexity index is 645. The number of likely N-dealkylation sites (tertiary alicyclic amines) is 1. The molecule has 0 aliphatic carbocycles. The van der Waals surface area contributed by atoms with E-state index in [1.165, 1.54) is 0 Å². The van der Waals surface area contributed by atoms with Crippen LogP contribution in [0.15, 0.2) is 30.5 Å². The molecule has 3 rings (SSSR count). The number of aromatic nitrogens is 1. The van der Waals surface area contributed by atoms with E-state index >= 15 is 0 Å². The fourth-order valence-electron chi connectivity index (χ4n) is 3.36. The van der Waals surface area contributed by atoms with Crippen LogP contribution in [0.1, 0.15) is 31.7 Å². The van der Waals surface area contributed by atoms with Gasteiger partial charge in [0.1, 0.15) is 0 Å². The minimum atomic E-state index is 0.122. The molecule has 1 N–H and O–H groups in total. The van der Waals surface area contributed by atoms with Crippen LogP contribution in [0.2, 0.25) is 5.02 Å². The van der Waals surface area contributed by atoms with E-state index in [4.69, 9.17) is 11.6 Å². The Balaban J connectivity index is 1.79. The number of pyridine rings is 1. The number of benzene rings is 1. The Kier molecular flexibility index (Phi) is 4.67. The molecule has 1 aliphatic rings. The number of aliphatic hydroxyl groups is 1. The first-order valence-electron chi connectivity index (χ1n) is 8.03. The van der Waals surface area contributed by atoms with Crippen molar-refractivity contribution in [3.8, 4) is 0 Å². The fourth-order valence-corrected chi connectivity index (χ4v) is 3.58. The van der Waals surface area contributed by atoms with Crippen LogP contribution < -0.4 is 0 Å².